The lowest BCUT2D eigenvalue weighted by Gasteiger charge is -2.05. The first-order chi connectivity index (χ1) is 6.61. The molecule has 0 aromatic carbocycles. The zero-order valence-electron chi connectivity index (χ0n) is 8.21. The molecule has 1 aliphatic heterocycles. The number of carbonyl (C=O) groups is 2. The van der Waals surface area contributed by atoms with Crippen LogP contribution >= 0.6 is 0 Å². The van der Waals surface area contributed by atoms with E-state index in [1.165, 1.54) is 0 Å². The van der Waals surface area contributed by atoms with Gasteiger partial charge in [-0.2, -0.15) is 0 Å². The van der Waals surface area contributed by atoms with Crippen molar-refractivity contribution in [2.45, 2.75) is 44.1 Å². The number of nitrogens with two attached hydrogens (primary N) is 1. The predicted octanol–water partition coefficient (Wildman–Crippen LogP) is 0.311. The van der Waals surface area contributed by atoms with Crippen LogP contribution in [0.5, 0.6) is 0 Å². The van der Waals surface area contributed by atoms with Crippen molar-refractivity contribution in [2.24, 2.45) is 11.7 Å². The SMILES string of the molecule is NC(=O)CCC[C@@H]1CC2(CC2)NC1=O. The summed E-state index contributed by atoms with van der Waals surface area (Å²) >= 11 is 0. The maximum Gasteiger partial charge on any atom is 0.223 e. The third kappa shape index (κ3) is 1.89. The van der Waals surface area contributed by atoms with Gasteiger partial charge in [0.15, 0.2) is 0 Å². The van der Waals surface area contributed by atoms with Gasteiger partial charge in [0.05, 0.1) is 0 Å². The first kappa shape index (κ1) is 9.49. The van der Waals surface area contributed by atoms with Crippen LogP contribution in [0, 0.1) is 5.92 Å². The number of amides is 2. The average Bonchev–Trinajstić information content (AvgIpc) is 2.74. The molecule has 1 saturated carbocycles. The molecular weight excluding hydrogens is 180 g/mol. The molecule has 2 fully saturated rings. The maximum absolute atomic E-state index is 11.5. The summed E-state index contributed by atoms with van der Waals surface area (Å²) in [4.78, 5) is 22.0. The van der Waals surface area contributed by atoms with E-state index in [9.17, 15) is 9.59 Å². The molecule has 78 valence electrons. The Balaban J connectivity index is 1.76. The highest BCUT2D eigenvalue weighted by Crippen LogP contribution is 2.46. The summed E-state index contributed by atoms with van der Waals surface area (Å²) in [5.41, 5.74) is 5.20. The van der Waals surface area contributed by atoms with Gasteiger partial charge >= 0.3 is 0 Å². The molecule has 4 nitrogen and oxygen atoms in total. The van der Waals surface area contributed by atoms with E-state index in [2.05, 4.69) is 5.32 Å². The molecule has 14 heavy (non-hydrogen) atoms. The molecule has 1 saturated heterocycles. The number of hydrogen-bond acceptors (Lipinski definition) is 2. The van der Waals surface area contributed by atoms with E-state index >= 15 is 0 Å². The second-order valence-electron chi connectivity index (χ2n) is 4.53. The van der Waals surface area contributed by atoms with Crippen LogP contribution in [0.3, 0.4) is 0 Å². The predicted molar refractivity (Wildman–Crippen MR) is 51.3 cm³/mol. The van der Waals surface area contributed by atoms with E-state index in [0.717, 1.165) is 32.1 Å². The van der Waals surface area contributed by atoms with E-state index < -0.39 is 0 Å². The van der Waals surface area contributed by atoms with Gasteiger partial charge in [0.25, 0.3) is 0 Å². The molecule has 0 aromatic heterocycles. The van der Waals surface area contributed by atoms with Crippen molar-refractivity contribution in [1.29, 1.82) is 0 Å². The standard InChI is InChI=1S/C10H16N2O2/c11-8(13)3-1-2-7-6-10(4-5-10)12-9(7)14/h7H,1-6H2,(H2,11,13)(H,12,14)/t7-/m1/s1. The van der Waals surface area contributed by atoms with Gasteiger partial charge in [0.1, 0.15) is 0 Å². The van der Waals surface area contributed by atoms with Crippen molar-refractivity contribution in [3.8, 4) is 0 Å². The Labute approximate surface area is 83.2 Å². The quantitative estimate of drug-likeness (QED) is 0.679. The molecule has 0 unspecified atom stereocenters. The summed E-state index contributed by atoms with van der Waals surface area (Å²) < 4.78 is 0. The minimum Gasteiger partial charge on any atom is -0.370 e. The van der Waals surface area contributed by atoms with E-state index in [0.29, 0.717) is 6.42 Å². The summed E-state index contributed by atoms with van der Waals surface area (Å²) in [7, 11) is 0. The number of hydrogen-bond donors (Lipinski definition) is 2. The lowest BCUT2D eigenvalue weighted by Crippen LogP contribution is -2.27. The molecular formula is C10H16N2O2. The highest BCUT2D eigenvalue weighted by atomic mass is 16.2. The van der Waals surface area contributed by atoms with Crippen LogP contribution in [0.2, 0.25) is 0 Å². The number of nitrogens with one attached hydrogen (secondary N) is 1. The van der Waals surface area contributed by atoms with Crippen LogP contribution in [0.4, 0.5) is 0 Å². The Morgan fingerprint density at radius 2 is 2.29 bits per heavy atom. The van der Waals surface area contributed by atoms with E-state index in [4.69, 9.17) is 5.73 Å². The van der Waals surface area contributed by atoms with Crippen molar-refractivity contribution >= 4 is 11.8 Å². The topological polar surface area (TPSA) is 72.2 Å². The summed E-state index contributed by atoms with van der Waals surface area (Å²) in [5.74, 6) is 0.0216. The van der Waals surface area contributed by atoms with Crippen LogP contribution in [-0.4, -0.2) is 17.4 Å². The van der Waals surface area contributed by atoms with Gasteiger partial charge in [0, 0.05) is 17.9 Å². The molecule has 2 amide bonds. The fourth-order valence-electron chi connectivity index (χ4n) is 2.21. The summed E-state index contributed by atoms with van der Waals surface area (Å²) in [6.07, 6.45) is 5.16. The fourth-order valence-corrected chi connectivity index (χ4v) is 2.21. The lowest BCUT2D eigenvalue weighted by molar-refractivity contribution is -0.123. The minimum atomic E-state index is -0.274. The van der Waals surface area contributed by atoms with Crippen LogP contribution < -0.4 is 11.1 Å². The van der Waals surface area contributed by atoms with E-state index in [1.54, 1.807) is 0 Å². The fraction of sp³-hybridized carbons (Fsp3) is 0.800. The molecule has 2 rings (SSSR count). The molecule has 3 N–H and O–H groups in total. The van der Waals surface area contributed by atoms with Crippen LogP contribution in [-0.2, 0) is 9.59 Å². The van der Waals surface area contributed by atoms with Gasteiger partial charge in [-0.15, -0.1) is 0 Å². The van der Waals surface area contributed by atoms with Gasteiger partial charge < -0.3 is 11.1 Å². The Kier molecular flexibility index (Phi) is 2.21. The van der Waals surface area contributed by atoms with Crippen molar-refractivity contribution < 1.29 is 9.59 Å². The van der Waals surface area contributed by atoms with Gasteiger partial charge in [-0.05, 0) is 32.1 Å². The third-order valence-electron chi connectivity index (χ3n) is 3.23. The number of primary amides is 1. The number of rotatable bonds is 4. The van der Waals surface area contributed by atoms with Crippen molar-refractivity contribution in [1.82, 2.24) is 5.32 Å². The minimum absolute atomic E-state index is 0.122. The van der Waals surface area contributed by atoms with Crippen molar-refractivity contribution in [3.63, 3.8) is 0 Å². The van der Waals surface area contributed by atoms with Gasteiger partial charge in [-0.25, -0.2) is 0 Å². The Morgan fingerprint density at radius 1 is 1.57 bits per heavy atom. The monoisotopic (exact) mass is 196 g/mol. The summed E-state index contributed by atoms with van der Waals surface area (Å²) in [6.45, 7) is 0. The van der Waals surface area contributed by atoms with Crippen molar-refractivity contribution in [3.05, 3.63) is 0 Å². The molecule has 0 bridgehead atoms. The summed E-state index contributed by atoms with van der Waals surface area (Å²) in [6, 6.07) is 0. The van der Waals surface area contributed by atoms with Gasteiger partial charge in [-0.1, -0.05) is 0 Å². The average molecular weight is 196 g/mol. The molecule has 4 heteroatoms. The smallest absolute Gasteiger partial charge is 0.223 e. The zero-order valence-corrected chi connectivity index (χ0v) is 8.21. The molecule has 0 aromatic rings. The molecule has 1 heterocycles. The maximum atomic E-state index is 11.5. The second-order valence-corrected chi connectivity index (χ2v) is 4.53. The molecule has 2 aliphatic rings. The lowest BCUT2D eigenvalue weighted by atomic mass is 9.97. The van der Waals surface area contributed by atoms with E-state index in [-0.39, 0.29) is 23.3 Å². The molecule has 1 aliphatic carbocycles. The highest BCUT2D eigenvalue weighted by Gasteiger charge is 2.51. The zero-order chi connectivity index (χ0) is 10.2. The Morgan fingerprint density at radius 3 is 2.79 bits per heavy atom. The van der Waals surface area contributed by atoms with Crippen LogP contribution in [0.15, 0.2) is 0 Å². The molecule has 1 spiro atoms. The first-order valence-corrected chi connectivity index (χ1v) is 5.22. The Bertz CT molecular complexity index is 271. The summed E-state index contributed by atoms with van der Waals surface area (Å²) in [5, 5.41) is 3.04. The van der Waals surface area contributed by atoms with Crippen molar-refractivity contribution in [2.75, 3.05) is 0 Å². The third-order valence-corrected chi connectivity index (χ3v) is 3.23. The highest BCUT2D eigenvalue weighted by molar-refractivity contribution is 5.83. The Hall–Kier alpha value is -1.06. The van der Waals surface area contributed by atoms with Crippen LogP contribution in [0.1, 0.15) is 38.5 Å². The number of carbonyl (C=O) groups excluding carboxylic acids is 2. The van der Waals surface area contributed by atoms with Gasteiger partial charge in [-0.3, -0.25) is 9.59 Å². The molecule has 0 radical (unpaired) electrons. The normalized spacial score (nSPS) is 27.7. The molecule has 1 atom stereocenters. The van der Waals surface area contributed by atoms with Gasteiger partial charge in [0.2, 0.25) is 11.8 Å². The second kappa shape index (κ2) is 3.26. The van der Waals surface area contributed by atoms with E-state index in [1.807, 2.05) is 0 Å². The first-order valence-electron chi connectivity index (χ1n) is 5.22. The van der Waals surface area contributed by atoms with Crippen LogP contribution in [0.25, 0.3) is 0 Å². The largest absolute Gasteiger partial charge is 0.370 e.